The Kier molecular flexibility index (Phi) is 5.03. The first-order chi connectivity index (χ1) is 13.2. The van der Waals surface area contributed by atoms with Crippen molar-refractivity contribution in [3.63, 3.8) is 0 Å². The van der Waals surface area contributed by atoms with Crippen molar-refractivity contribution in [2.45, 2.75) is 19.1 Å². The molecule has 0 unspecified atom stereocenters. The molecule has 0 bridgehead atoms. The zero-order valence-corrected chi connectivity index (χ0v) is 15.0. The Morgan fingerprint density at radius 3 is 3.26 bits per heavy atom. The van der Waals surface area contributed by atoms with Crippen LogP contribution in [0.3, 0.4) is 0 Å². The first kappa shape index (κ1) is 17.5. The quantitative estimate of drug-likeness (QED) is 0.712. The van der Waals surface area contributed by atoms with Crippen LogP contribution in [-0.2, 0) is 22.5 Å². The van der Waals surface area contributed by atoms with Gasteiger partial charge in [0.1, 0.15) is 6.61 Å². The van der Waals surface area contributed by atoms with Crippen LogP contribution in [0.25, 0.3) is 10.9 Å². The molecule has 2 aromatic heterocycles. The van der Waals surface area contributed by atoms with E-state index in [0.717, 1.165) is 16.6 Å². The third kappa shape index (κ3) is 4.09. The van der Waals surface area contributed by atoms with Gasteiger partial charge in [-0.05, 0) is 24.3 Å². The van der Waals surface area contributed by atoms with Gasteiger partial charge in [0.05, 0.1) is 19.1 Å². The van der Waals surface area contributed by atoms with E-state index in [1.54, 1.807) is 12.0 Å². The van der Waals surface area contributed by atoms with E-state index in [4.69, 9.17) is 14.0 Å². The van der Waals surface area contributed by atoms with Crippen LogP contribution in [0.5, 0.6) is 0 Å². The van der Waals surface area contributed by atoms with Crippen LogP contribution >= 0.6 is 0 Å². The van der Waals surface area contributed by atoms with Crippen LogP contribution in [-0.4, -0.2) is 59.0 Å². The molecule has 1 fully saturated rings. The maximum absolute atomic E-state index is 12.6. The molecule has 4 rings (SSSR count). The van der Waals surface area contributed by atoms with Crippen molar-refractivity contribution >= 4 is 22.6 Å². The molecule has 2 amide bonds. The molecular weight excluding hydrogens is 350 g/mol. The number of morpholine rings is 1. The topological polar surface area (TPSA) is 106 Å². The lowest BCUT2D eigenvalue weighted by Gasteiger charge is -2.32. The Bertz CT molecular complexity index is 921. The van der Waals surface area contributed by atoms with Crippen LogP contribution in [0.4, 0.5) is 10.5 Å². The summed E-state index contributed by atoms with van der Waals surface area (Å²) in [4.78, 5) is 21.7. The van der Waals surface area contributed by atoms with Gasteiger partial charge in [-0.25, -0.2) is 4.79 Å². The van der Waals surface area contributed by atoms with Crippen LogP contribution in [0.15, 0.2) is 35.0 Å². The summed E-state index contributed by atoms with van der Waals surface area (Å²) in [6, 6.07) is 7.59. The minimum atomic E-state index is -0.188. The number of methoxy groups -OCH3 is 1. The molecule has 3 heterocycles. The van der Waals surface area contributed by atoms with Gasteiger partial charge >= 0.3 is 6.03 Å². The van der Waals surface area contributed by atoms with Gasteiger partial charge in [0.2, 0.25) is 5.89 Å². The number of hydrogen-bond donors (Lipinski definition) is 2. The van der Waals surface area contributed by atoms with Gasteiger partial charge in [0.15, 0.2) is 5.82 Å². The number of amides is 2. The Hall–Kier alpha value is -2.91. The van der Waals surface area contributed by atoms with Crippen LogP contribution < -0.4 is 5.32 Å². The predicted molar refractivity (Wildman–Crippen MR) is 97.3 cm³/mol. The van der Waals surface area contributed by atoms with Crippen LogP contribution in [0.2, 0.25) is 0 Å². The lowest BCUT2D eigenvalue weighted by atomic mass is 10.2. The second kappa shape index (κ2) is 7.77. The summed E-state index contributed by atoms with van der Waals surface area (Å²) in [7, 11) is 1.57. The van der Waals surface area contributed by atoms with Gasteiger partial charge in [0.25, 0.3) is 0 Å². The smallest absolute Gasteiger partial charge is 0.322 e. The van der Waals surface area contributed by atoms with Crippen molar-refractivity contribution in [3.8, 4) is 0 Å². The van der Waals surface area contributed by atoms with Crippen molar-refractivity contribution in [2.24, 2.45) is 0 Å². The highest BCUT2D eigenvalue weighted by Gasteiger charge is 2.26. The zero-order valence-electron chi connectivity index (χ0n) is 15.0. The number of aromatic amines is 1. The number of hydrogen-bond acceptors (Lipinski definition) is 6. The maximum atomic E-state index is 12.6. The zero-order chi connectivity index (χ0) is 18.6. The van der Waals surface area contributed by atoms with Gasteiger partial charge in [0, 0.05) is 43.0 Å². The van der Waals surface area contributed by atoms with Gasteiger partial charge in [-0.15, -0.1) is 0 Å². The molecule has 27 heavy (non-hydrogen) atoms. The van der Waals surface area contributed by atoms with Gasteiger partial charge in [-0.1, -0.05) is 5.16 Å². The molecule has 0 saturated carbocycles. The van der Waals surface area contributed by atoms with Gasteiger partial charge < -0.3 is 29.2 Å². The molecule has 142 valence electrons. The standard InChI is InChI=1S/C18H21N5O4/c1-25-11-16-21-17(27-22-16)9-14-10-23(6-7-26-14)18(24)20-13-2-3-15-12(8-13)4-5-19-15/h2-5,8,14,19H,6-7,9-11H2,1H3,(H,20,24)/t14-/m1/s1. The summed E-state index contributed by atoms with van der Waals surface area (Å²) < 4.78 is 15.9. The highest BCUT2D eigenvalue weighted by molar-refractivity contribution is 5.92. The first-order valence-electron chi connectivity index (χ1n) is 8.76. The molecule has 1 saturated heterocycles. The van der Waals surface area contributed by atoms with E-state index >= 15 is 0 Å². The summed E-state index contributed by atoms with van der Waals surface area (Å²) in [6.07, 6.45) is 2.14. The third-order valence-corrected chi connectivity index (χ3v) is 4.42. The first-order valence-corrected chi connectivity index (χ1v) is 8.76. The van der Waals surface area contributed by atoms with Crippen LogP contribution in [0.1, 0.15) is 11.7 Å². The summed E-state index contributed by atoms with van der Waals surface area (Å²) >= 11 is 0. The number of nitrogens with one attached hydrogen (secondary N) is 2. The van der Waals surface area contributed by atoms with Crippen molar-refractivity contribution in [1.82, 2.24) is 20.0 Å². The molecule has 0 spiro atoms. The second-order valence-corrected chi connectivity index (χ2v) is 6.39. The largest absolute Gasteiger partial charge is 0.377 e. The van der Waals surface area contributed by atoms with E-state index in [1.807, 2.05) is 30.5 Å². The average Bonchev–Trinajstić information content (AvgIpc) is 3.31. The molecular formula is C18H21N5O4. The van der Waals surface area contributed by atoms with E-state index in [1.165, 1.54) is 0 Å². The van der Waals surface area contributed by atoms with E-state index in [2.05, 4.69) is 20.4 Å². The fourth-order valence-corrected chi connectivity index (χ4v) is 3.12. The van der Waals surface area contributed by atoms with Crippen molar-refractivity contribution in [1.29, 1.82) is 0 Å². The molecule has 1 atom stereocenters. The number of carbonyl (C=O) groups is 1. The number of fused-ring (bicyclic) bond motifs is 1. The molecule has 1 aromatic carbocycles. The molecule has 9 heteroatoms. The number of nitrogens with zero attached hydrogens (tertiary/aromatic N) is 3. The van der Waals surface area contributed by atoms with E-state index < -0.39 is 0 Å². The highest BCUT2D eigenvalue weighted by atomic mass is 16.5. The second-order valence-electron chi connectivity index (χ2n) is 6.39. The molecule has 1 aliphatic heterocycles. The summed E-state index contributed by atoms with van der Waals surface area (Å²) in [5, 5.41) is 7.84. The van der Waals surface area contributed by atoms with Gasteiger partial charge in [-0.3, -0.25) is 0 Å². The predicted octanol–water partition coefficient (Wildman–Crippen LogP) is 2.17. The Balaban J connectivity index is 1.35. The van der Waals surface area contributed by atoms with Crippen molar-refractivity contribution in [2.75, 3.05) is 32.1 Å². The fraction of sp³-hybridized carbons (Fsp3) is 0.389. The van der Waals surface area contributed by atoms with Crippen molar-refractivity contribution in [3.05, 3.63) is 42.2 Å². The lowest BCUT2D eigenvalue weighted by molar-refractivity contribution is -0.0148. The maximum Gasteiger partial charge on any atom is 0.322 e. The number of rotatable bonds is 5. The normalized spacial score (nSPS) is 17.4. The molecule has 2 N–H and O–H groups in total. The van der Waals surface area contributed by atoms with E-state index in [9.17, 15) is 4.79 Å². The van der Waals surface area contributed by atoms with E-state index in [0.29, 0.717) is 44.4 Å². The lowest BCUT2D eigenvalue weighted by Crippen LogP contribution is -2.48. The Morgan fingerprint density at radius 2 is 2.37 bits per heavy atom. The highest BCUT2D eigenvalue weighted by Crippen LogP contribution is 2.19. The van der Waals surface area contributed by atoms with E-state index in [-0.39, 0.29) is 12.1 Å². The molecule has 0 radical (unpaired) electrons. The minimum Gasteiger partial charge on any atom is -0.377 e. The minimum absolute atomic E-state index is 0.149. The molecule has 9 nitrogen and oxygen atoms in total. The molecule has 1 aliphatic rings. The molecule has 0 aliphatic carbocycles. The number of urea groups is 1. The number of ether oxygens (including phenoxy) is 2. The van der Waals surface area contributed by atoms with Crippen LogP contribution in [0, 0.1) is 0 Å². The number of anilines is 1. The van der Waals surface area contributed by atoms with Crippen molar-refractivity contribution < 1.29 is 18.8 Å². The van der Waals surface area contributed by atoms with Gasteiger partial charge in [-0.2, -0.15) is 4.98 Å². The number of benzene rings is 1. The molecule has 3 aromatic rings. The average molecular weight is 371 g/mol. The SMILES string of the molecule is COCc1noc(C[C@@H]2CN(C(=O)Nc3ccc4[nH]ccc4c3)CCO2)n1. The summed E-state index contributed by atoms with van der Waals surface area (Å²) in [5.41, 5.74) is 1.79. The summed E-state index contributed by atoms with van der Waals surface area (Å²) in [6.45, 7) is 1.76. The Labute approximate surface area is 155 Å². The fourth-order valence-electron chi connectivity index (χ4n) is 3.12. The number of H-pyrrole nitrogens is 1. The number of carbonyl (C=O) groups excluding carboxylic acids is 1. The third-order valence-electron chi connectivity index (χ3n) is 4.42. The monoisotopic (exact) mass is 371 g/mol. The number of aromatic nitrogens is 3. The summed E-state index contributed by atoms with van der Waals surface area (Å²) in [5.74, 6) is 0.977. The Morgan fingerprint density at radius 1 is 1.44 bits per heavy atom.